The molecule has 1 aromatic heterocycles. The van der Waals surface area contributed by atoms with E-state index in [4.69, 9.17) is 5.11 Å². The average Bonchev–Trinajstić information content (AvgIpc) is 2.32. The number of carboxylic acid groups (broad SMARTS) is 1. The molecule has 5 nitrogen and oxygen atoms in total. The Morgan fingerprint density at radius 2 is 2.18 bits per heavy atom. The summed E-state index contributed by atoms with van der Waals surface area (Å²) >= 11 is 1.04. The van der Waals surface area contributed by atoms with E-state index in [1.54, 1.807) is 23.7 Å². The molecule has 0 aliphatic heterocycles. The number of nitrogens with zero attached hydrogens (tertiary/aromatic N) is 2. The van der Waals surface area contributed by atoms with Crippen LogP contribution in [0.5, 0.6) is 0 Å². The van der Waals surface area contributed by atoms with Gasteiger partial charge in [-0.1, -0.05) is 23.9 Å². The van der Waals surface area contributed by atoms with Crippen molar-refractivity contribution < 1.29 is 9.90 Å². The van der Waals surface area contributed by atoms with Gasteiger partial charge in [-0.2, -0.15) is 4.98 Å². The molecule has 0 spiro atoms. The maximum atomic E-state index is 11.7. The van der Waals surface area contributed by atoms with Gasteiger partial charge < -0.3 is 9.67 Å². The number of rotatable bonds is 3. The first-order valence-electron chi connectivity index (χ1n) is 4.90. The highest BCUT2D eigenvalue weighted by atomic mass is 32.2. The van der Waals surface area contributed by atoms with Gasteiger partial charge in [-0.3, -0.25) is 9.59 Å². The van der Waals surface area contributed by atoms with Gasteiger partial charge in [-0.25, -0.2) is 0 Å². The van der Waals surface area contributed by atoms with Gasteiger partial charge in [-0.05, 0) is 12.1 Å². The molecule has 0 atom stereocenters. The first-order chi connectivity index (χ1) is 8.09. The van der Waals surface area contributed by atoms with Gasteiger partial charge in [0, 0.05) is 7.05 Å². The zero-order valence-electron chi connectivity index (χ0n) is 9.08. The zero-order valence-corrected chi connectivity index (χ0v) is 9.90. The molecule has 6 heteroatoms. The van der Waals surface area contributed by atoms with Crippen LogP contribution in [0.3, 0.4) is 0 Å². The summed E-state index contributed by atoms with van der Waals surface area (Å²) in [6.07, 6.45) is 0. The highest BCUT2D eigenvalue weighted by molar-refractivity contribution is 7.99. The molecule has 1 heterocycles. The summed E-state index contributed by atoms with van der Waals surface area (Å²) in [6.45, 7) is 0. The van der Waals surface area contributed by atoms with Crippen LogP contribution < -0.4 is 5.56 Å². The second-order valence-electron chi connectivity index (χ2n) is 3.46. The quantitative estimate of drug-likeness (QED) is 0.652. The molecule has 0 unspecified atom stereocenters. The molecule has 0 bridgehead atoms. The van der Waals surface area contributed by atoms with Crippen molar-refractivity contribution in [3.63, 3.8) is 0 Å². The Kier molecular flexibility index (Phi) is 3.14. The fourth-order valence-corrected chi connectivity index (χ4v) is 2.22. The molecule has 17 heavy (non-hydrogen) atoms. The molecule has 0 amide bonds. The molecule has 2 aromatic rings. The fourth-order valence-electron chi connectivity index (χ4n) is 1.53. The molecule has 2 rings (SSSR count). The number of para-hydroxylation sites is 1. The molecule has 0 aliphatic carbocycles. The Labute approximate surface area is 101 Å². The normalized spacial score (nSPS) is 10.6. The third kappa shape index (κ3) is 2.31. The van der Waals surface area contributed by atoms with Crippen LogP contribution in [0.2, 0.25) is 0 Å². The topological polar surface area (TPSA) is 72.2 Å². The van der Waals surface area contributed by atoms with Gasteiger partial charge in [0.15, 0.2) is 5.16 Å². The molecule has 0 fully saturated rings. The number of benzene rings is 1. The first kappa shape index (κ1) is 11.7. The third-order valence-electron chi connectivity index (χ3n) is 2.30. The van der Waals surface area contributed by atoms with E-state index >= 15 is 0 Å². The van der Waals surface area contributed by atoms with Crippen LogP contribution in [0.25, 0.3) is 10.9 Å². The minimum absolute atomic E-state index is 0.112. The predicted octanol–water partition coefficient (Wildman–Crippen LogP) is 1.11. The largest absolute Gasteiger partial charge is 0.481 e. The smallest absolute Gasteiger partial charge is 0.313 e. The molecule has 0 radical (unpaired) electrons. The number of aryl methyl sites for hydroxylation is 1. The van der Waals surface area contributed by atoms with Crippen LogP contribution in [-0.4, -0.2) is 26.4 Å². The number of fused-ring (bicyclic) bond motifs is 1. The Balaban J connectivity index is 2.55. The summed E-state index contributed by atoms with van der Waals surface area (Å²) in [5, 5.41) is 9.56. The summed E-state index contributed by atoms with van der Waals surface area (Å²) in [6, 6.07) is 7.11. The molecular weight excluding hydrogens is 240 g/mol. The van der Waals surface area contributed by atoms with Crippen LogP contribution in [0.4, 0.5) is 0 Å². The second-order valence-corrected chi connectivity index (χ2v) is 4.40. The number of aromatic nitrogens is 2. The maximum absolute atomic E-state index is 11.7. The van der Waals surface area contributed by atoms with E-state index in [0.717, 1.165) is 17.3 Å². The maximum Gasteiger partial charge on any atom is 0.313 e. The molecule has 0 aliphatic rings. The van der Waals surface area contributed by atoms with E-state index in [9.17, 15) is 9.59 Å². The van der Waals surface area contributed by atoms with Crippen molar-refractivity contribution in [2.24, 2.45) is 7.05 Å². The van der Waals surface area contributed by atoms with Crippen molar-refractivity contribution >= 4 is 28.6 Å². The van der Waals surface area contributed by atoms with Crippen molar-refractivity contribution in [3.05, 3.63) is 34.6 Å². The van der Waals surface area contributed by atoms with Crippen LogP contribution in [0.15, 0.2) is 34.2 Å². The van der Waals surface area contributed by atoms with E-state index in [2.05, 4.69) is 4.98 Å². The molecular formula is C11H10N2O3S. The number of thioether (sulfide) groups is 1. The number of aliphatic carboxylic acids is 1. The summed E-state index contributed by atoms with van der Waals surface area (Å²) in [4.78, 5) is 26.1. The number of carboxylic acids is 1. The van der Waals surface area contributed by atoms with Gasteiger partial charge in [0.1, 0.15) is 0 Å². The molecule has 88 valence electrons. The lowest BCUT2D eigenvalue weighted by molar-refractivity contribution is -0.133. The van der Waals surface area contributed by atoms with E-state index in [1.165, 1.54) is 0 Å². The van der Waals surface area contributed by atoms with Crippen molar-refractivity contribution in [3.8, 4) is 0 Å². The number of carbonyl (C=O) groups is 1. The third-order valence-corrected chi connectivity index (χ3v) is 3.32. The Hall–Kier alpha value is -1.82. The molecule has 0 saturated heterocycles. The van der Waals surface area contributed by atoms with Crippen LogP contribution in [-0.2, 0) is 11.8 Å². The van der Waals surface area contributed by atoms with E-state index in [0.29, 0.717) is 10.5 Å². The van der Waals surface area contributed by atoms with Crippen LogP contribution >= 0.6 is 11.8 Å². The van der Waals surface area contributed by atoms with E-state index < -0.39 is 5.97 Å². The minimum atomic E-state index is -0.933. The Bertz CT molecular complexity index is 636. The molecule has 1 N–H and O–H groups in total. The SMILES string of the molecule is Cn1c(SCC(=O)O)nc(=O)c2ccccc21. The van der Waals surface area contributed by atoms with E-state index in [-0.39, 0.29) is 11.3 Å². The van der Waals surface area contributed by atoms with Crippen LogP contribution in [0, 0.1) is 0 Å². The standard InChI is InChI=1S/C11H10N2O3S/c1-13-8-5-3-2-4-7(8)10(16)12-11(13)17-6-9(14)15/h2-5H,6H2,1H3,(H,14,15). The summed E-state index contributed by atoms with van der Waals surface area (Å²) in [7, 11) is 1.76. The average molecular weight is 250 g/mol. The lowest BCUT2D eigenvalue weighted by atomic mass is 10.2. The lowest BCUT2D eigenvalue weighted by Gasteiger charge is -2.09. The van der Waals surface area contributed by atoms with Gasteiger partial charge >= 0.3 is 5.97 Å². The first-order valence-corrected chi connectivity index (χ1v) is 5.88. The van der Waals surface area contributed by atoms with Crippen molar-refractivity contribution in [1.29, 1.82) is 0 Å². The highest BCUT2D eigenvalue weighted by Gasteiger charge is 2.09. The van der Waals surface area contributed by atoms with Crippen LogP contribution in [0.1, 0.15) is 0 Å². The van der Waals surface area contributed by atoms with Gasteiger partial charge in [0.2, 0.25) is 0 Å². The Morgan fingerprint density at radius 1 is 1.47 bits per heavy atom. The summed E-state index contributed by atoms with van der Waals surface area (Å²) < 4.78 is 1.73. The van der Waals surface area contributed by atoms with Gasteiger partial charge in [0.05, 0.1) is 16.7 Å². The Morgan fingerprint density at radius 3 is 2.88 bits per heavy atom. The number of hydrogen-bond donors (Lipinski definition) is 1. The highest BCUT2D eigenvalue weighted by Crippen LogP contribution is 2.17. The van der Waals surface area contributed by atoms with Crippen molar-refractivity contribution in [2.75, 3.05) is 5.75 Å². The van der Waals surface area contributed by atoms with Gasteiger partial charge in [-0.15, -0.1) is 0 Å². The van der Waals surface area contributed by atoms with Gasteiger partial charge in [0.25, 0.3) is 5.56 Å². The summed E-state index contributed by atoms with van der Waals surface area (Å²) in [5.74, 6) is -1.05. The molecule has 0 saturated carbocycles. The summed E-state index contributed by atoms with van der Waals surface area (Å²) in [5.41, 5.74) is 0.423. The van der Waals surface area contributed by atoms with Crippen molar-refractivity contribution in [2.45, 2.75) is 5.16 Å². The molecule has 1 aromatic carbocycles. The minimum Gasteiger partial charge on any atom is -0.481 e. The van der Waals surface area contributed by atoms with Crippen molar-refractivity contribution in [1.82, 2.24) is 9.55 Å². The number of hydrogen-bond acceptors (Lipinski definition) is 4. The lowest BCUT2D eigenvalue weighted by Crippen LogP contribution is -2.14. The predicted molar refractivity (Wildman–Crippen MR) is 65.3 cm³/mol. The van der Waals surface area contributed by atoms with E-state index in [1.807, 2.05) is 12.1 Å². The second kappa shape index (κ2) is 4.58. The zero-order chi connectivity index (χ0) is 12.4. The fraction of sp³-hybridized carbons (Fsp3) is 0.182. The monoisotopic (exact) mass is 250 g/mol.